The van der Waals surface area contributed by atoms with Gasteiger partial charge in [0.15, 0.2) is 5.16 Å². The largest absolute Gasteiger partial charge is 0.481 e. The highest BCUT2D eigenvalue weighted by molar-refractivity contribution is 7.99. The number of hydrogen-bond donors (Lipinski definition) is 1. The summed E-state index contributed by atoms with van der Waals surface area (Å²) < 4.78 is 1.66. The number of nitrogens with zero attached hydrogens (tertiary/aromatic N) is 3. The van der Waals surface area contributed by atoms with Crippen LogP contribution < -0.4 is 0 Å². The number of amides is 1. The lowest BCUT2D eigenvalue weighted by Crippen LogP contribution is -2.26. The summed E-state index contributed by atoms with van der Waals surface area (Å²) >= 11 is 7.26. The van der Waals surface area contributed by atoms with E-state index in [1.165, 1.54) is 4.90 Å². The van der Waals surface area contributed by atoms with Gasteiger partial charge in [0.2, 0.25) is 5.91 Å². The molecule has 2 aromatic rings. The van der Waals surface area contributed by atoms with Crippen LogP contribution in [0.2, 0.25) is 5.02 Å². The Bertz CT molecular complexity index is 699. The molecule has 1 aromatic heterocycles. The minimum absolute atomic E-state index is 0.0647. The molecule has 0 aliphatic heterocycles. The molecule has 1 aromatic carbocycles. The van der Waals surface area contributed by atoms with Crippen LogP contribution in [0.15, 0.2) is 23.4 Å². The van der Waals surface area contributed by atoms with Crippen molar-refractivity contribution in [2.24, 2.45) is 0 Å². The SMILES string of the molecule is CN(C)C(=O)Cn1c(SCC(=O)O)nc2cccc(Cl)c21. The molecule has 1 N–H and O–H groups in total. The summed E-state index contributed by atoms with van der Waals surface area (Å²) in [5.74, 6) is -1.19. The number of imidazole rings is 1. The van der Waals surface area contributed by atoms with Crippen molar-refractivity contribution in [1.29, 1.82) is 0 Å². The maximum atomic E-state index is 12.0. The van der Waals surface area contributed by atoms with Crippen LogP contribution in [-0.4, -0.2) is 51.3 Å². The van der Waals surface area contributed by atoms with Gasteiger partial charge < -0.3 is 14.6 Å². The van der Waals surface area contributed by atoms with Gasteiger partial charge in [-0.1, -0.05) is 29.4 Å². The summed E-state index contributed by atoms with van der Waals surface area (Å²) in [6, 6.07) is 5.26. The number of likely N-dealkylation sites (N-methyl/N-ethyl adjacent to an activating group) is 1. The standard InChI is InChI=1S/C13H14ClN3O3S/c1-16(2)10(18)6-17-12-8(14)4-3-5-9(12)15-13(17)21-7-11(19)20/h3-5H,6-7H2,1-2H3,(H,19,20). The Morgan fingerprint density at radius 1 is 1.43 bits per heavy atom. The molecule has 21 heavy (non-hydrogen) atoms. The van der Waals surface area contributed by atoms with Crippen LogP contribution in [0.4, 0.5) is 0 Å². The van der Waals surface area contributed by atoms with Crippen molar-refractivity contribution in [3.8, 4) is 0 Å². The monoisotopic (exact) mass is 327 g/mol. The van der Waals surface area contributed by atoms with Crippen LogP contribution in [0.3, 0.4) is 0 Å². The fourth-order valence-electron chi connectivity index (χ4n) is 1.78. The second kappa shape index (κ2) is 6.36. The first-order chi connectivity index (χ1) is 9.90. The number of rotatable bonds is 5. The van der Waals surface area contributed by atoms with E-state index in [9.17, 15) is 9.59 Å². The first-order valence-corrected chi connectivity index (χ1v) is 7.46. The highest BCUT2D eigenvalue weighted by Crippen LogP contribution is 2.29. The number of fused-ring (bicyclic) bond motifs is 1. The van der Waals surface area contributed by atoms with E-state index in [0.29, 0.717) is 21.2 Å². The third kappa shape index (κ3) is 3.48. The molecule has 1 amide bonds. The number of hydrogen-bond acceptors (Lipinski definition) is 4. The summed E-state index contributed by atoms with van der Waals surface area (Å²) in [5.41, 5.74) is 1.28. The van der Waals surface area contributed by atoms with Gasteiger partial charge in [-0.3, -0.25) is 9.59 Å². The van der Waals surface area contributed by atoms with Gasteiger partial charge in [-0.05, 0) is 12.1 Å². The Morgan fingerprint density at radius 2 is 2.14 bits per heavy atom. The lowest BCUT2D eigenvalue weighted by atomic mass is 10.3. The quantitative estimate of drug-likeness (QED) is 0.850. The smallest absolute Gasteiger partial charge is 0.313 e. The van der Waals surface area contributed by atoms with E-state index in [4.69, 9.17) is 16.7 Å². The van der Waals surface area contributed by atoms with Crippen molar-refractivity contribution in [1.82, 2.24) is 14.5 Å². The maximum absolute atomic E-state index is 12.0. The number of thioether (sulfide) groups is 1. The lowest BCUT2D eigenvalue weighted by Gasteiger charge is -2.13. The van der Waals surface area contributed by atoms with Crippen molar-refractivity contribution in [2.75, 3.05) is 19.8 Å². The first kappa shape index (κ1) is 15.7. The minimum Gasteiger partial charge on any atom is -0.481 e. The third-order valence-electron chi connectivity index (χ3n) is 2.80. The highest BCUT2D eigenvalue weighted by atomic mass is 35.5. The van der Waals surface area contributed by atoms with Crippen LogP contribution in [0.1, 0.15) is 0 Å². The maximum Gasteiger partial charge on any atom is 0.313 e. The van der Waals surface area contributed by atoms with Crippen molar-refractivity contribution >= 4 is 46.3 Å². The van der Waals surface area contributed by atoms with Crippen LogP contribution in [0.25, 0.3) is 11.0 Å². The number of carboxylic acid groups (broad SMARTS) is 1. The fourth-order valence-corrected chi connectivity index (χ4v) is 2.78. The van der Waals surface area contributed by atoms with Gasteiger partial charge in [0.25, 0.3) is 0 Å². The molecule has 0 saturated heterocycles. The molecule has 6 nitrogen and oxygen atoms in total. The topological polar surface area (TPSA) is 75.4 Å². The average molecular weight is 328 g/mol. The Kier molecular flexibility index (Phi) is 4.74. The number of carbonyl (C=O) groups is 2. The van der Waals surface area contributed by atoms with Crippen LogP contribution >= 0.6 is 23.4 Å². The number of benzene rings is 1. The summed E-state index contributed by atoms with van der Waals surface area (Å²) in [6.07, 6.45) is 0. The van der Waals surface area contributed by atoms with E-state index in [1.807, 2.05) is 0 Å². The predicted octanol–water partition coefficient (Wildman–Crippen LogP) is 1.95. The van der Waals surface area contributed by atoms with E-state index in [0.717, 1.165) is 11.8 Å². The van der Waals surface area contributed by atoms with Crippen LogP contribution in [0.5, 0.6) is 0 Å². The highest BCUT2D eigenvalue weighted by Gasteiger charge is 2.17. The van der Waals surface area contributed by atoms with Gasteiger partial charge in [-0.2, -0.15) is 0 Å². The van der Waals surface area contributed by atoms with Gasteiger partial charge in [0.1, 0.15) is 6.54 Å². The number of aliphatic carboxylic acids is 1. The summed E-state index contributed by atoms with van der Waals surface area (Å²) in [4.78, 5) is 28.5. The second-order valence-electron chi connectivity index (χ2n) is 4.56. The lowest BCUT2D eigenvalue weighted by molar-refractivity contribution is -0.134. The zero-order valence-corrected chi connectivity index (χ0v) is 13.1. The summed E-state index contributed by atoms with van der Waals surface area (Å²) in [6.45, 7) is 0.0647. The van der Waals surface area contributed by atoms with Crippen molar-refractivity contribution < 1.29 is 14.7 Å². The Hall–Kier alpha value is -1.73. The second-order valence-corrected chi connectivity index (χ2v) is 5.91. The molecule has 0 atom stereocenters. The predicted molar refractivity (Wildman–Crippen MR) is 81.8 cm³/mol. The molecule has 0 radical (unpaired) electrons. The normalized spacial score (nSPS) is 10.8. The summed E-state index contributed by atoms with van der Waals surface area (Å²) in [5, 5.41) is 9.75. The van der Waals surface area contributed by atoms with Crippen molar-refractivity contribution in [2.45, 2.75) is 11.7 Å². The Labute approximate surface area is 130 Å². The molecular formula is C13H14ClN3O3S. The first-order valence-electron chi connectivity index (χ1n) is 6.09. The van der Waals surface area contributed by atoms with Gasteiger partial charge in [0, 0.05) is 14.1 Å². The van der Waals surface area contributed by atoms with Gasteiger partial charge in [-0.15, -0.1) is 0 Å². The average Bonchev–Trinajstić information content (AvgIpc) is 2.75. The van der Waals surface area contributed by atoms with Crippen molar-refractivity contribution in [3.05, 3.63) is 23.2 Å². The zero-order chi connectivity index (χ0) is 15.6. The molecule has 0 aliphatic carbocycles. The number of aromatic nitrogens is 2. The molecular weight excluding hydrogens is 314 g/mol. The molecule has 0 fully saturated rings. The van der Waals surface area contributed by atoms with E-state index < -0.39 is 5.97 Å². The molecule has 0 aliphatic rings. The third-order valence-corrected chi connectivity index (χ3v) is 4.07. The Morgan fingerprint density at radius 3 is 2.76 bits per heavy atom. The van der Waals surface area contributed by atoms with E-state index in [-0.39, 0.29) is 18.2 Å². The van der Waals surface area contributed by atoms with Gasteiger partial charge in [0.05, 0.1) is 21.8 Å². The molecule has 0 spiro atoms. The van der Waals surface area contributed by atoms with Gasteiger partial charge in [-0.25, -0.2) is 4.98 Å². The van der Waals surface area contributed by atoms with Crippen molar-refractivity contribution in [3.63, 3.8) is 0 Å². The molecule has 112 valence electrons. The summed E-state index contributed by atoms with van der Waals surface area (Å²) in [7, 11) is 3.32. The minimum atomic E-state index is -0.941. The molecule has 1 heterocycles. The molecule has 0 unspecified atom stereocenters. The zero-order valence-electron chi connectivity index (χ0n) is 11.5. The van der Waals surface area contributed by atoms with Gasteiger partial charge >= 0.3 is 5.97 Å². The number of para-hydroxylation sites is 1. The number of halogens is 1. The number of carbonyl (C=O) groups excluding carboxylic acids is 1. The molecule has 0 saturated carbocycles. The fraction of sp³-hybridized carbons (Fsp3) is 0.308. The number of carboxylic acids is 1. The molecule has 2 rings (SSSR count). The molecule has 0 bridgehead atoms. The van der Waals surface area contributed by atoms with Crippen LogP contribution in [0, 0.1) is 0 Å². The molecule has 8 heteroatoms. The van der Waals surface area contributed by atoms with E-state index in [2.05, 4.69) is 4.98 Å². The van der Waals surface area contributed by atoms with E-state index >= 15 is 0 Å². The van der Waals surface area contributed by atoms with E-state index in [1.54, 1.807) is 36.9 Å². The van der Waals surface area contributed by atoms with Crippen LogP contribution in [-0.2, 0) is 16.1 Å². The Balaban J connectivity index is 2.48.